The molecular formula is C13H14N2O6. The first kappa shape index (κ1) is 16.2. The van der Waals surface area contributed by atoms with Crippen molar-refractivity contribution in [1.82, 2.24) is 5.32 Å². The van der Waals surface area contributed by atoms with Gasteiger partial charge in [-0.1, -0.05) is 12.1 Å². The van der Waals surface area contributed by atoms with Crippen molar-refractivity contribution in [3.63, 3.8) is 0 Å². The highest BCUT2D eigenvalue weighted by Crippen LogP contribution is 2.18. The molecule has 0 aromatic heterocycles. The van der Waals surface area contributed by atoms with Crippen LogP contribution in [0.15, 0.2) is 24.3 Å². The second-order valence-corrected chi connectivity index (χ2v) is 4.12. The zero-order chi connectivity index (χ0) is 16.0. The second-order valence-electron chi connectivity index (χ2n) is 4.12. The minimum atomic E-state index is -1.46. The lowest BCUT2D eigenvalue weighted by atomic mass is 10.1. The molecule has 0 saturated heterocycles. The first-order valence-corrected chi connectivity index (χ1v) is 5.90. The van der Waals surface area contributed by atoms with Crippen LogP contribution in [0.25, 0.3) is 0 Å². The molecule has 8 heteroatoms. The Bertz CT molecular complexity index is 584. The summed E-state index contributed by atoms with van der Waals surface area (Å²) in [5.74, 6) is -3.68. The summed E-state index contributed by atoms with van der Waals surface area (Å²) in [6.07, 6.45) is -0.545. The molecule has 0 aliphatic rings. The van der Waals surface area contributed by atoms with Gasteiger partial charge in [0.25, 0.3) is 5.91 Å². The van der Waals surface area contributed by atoms with Crippen molar-refractivity contribution in [2.75, 3.05) is 0 Å². The number of aliphatic carboxylic acids is 1. The summed E-state index contributed by atoms with van der Waals surface area (Å²) in [6, 6.07) is 4.36. The number of carboxylic acid groups (broad SMARTS) is 1. The molecule has 0 aliphatic carbocycles. The number of carbonyl (C=O) groups excluding carboxylic acids is 3. The van der Waals surface area contributed by atoms with E-state index in [1.165, 1.54) is 25.1 Å². The maximum Gasteiger partial charge on any atom is 0.326 e. The first-order chi connectivity index (χ1) is 9.81. The minimum Gasteiger partial charge on any atom is -0.480 e. The van der Waals surface area contributed by atoms with Crippen molar-refractivity contribution < 1.29 is 29.0 Å². The van der Waals surface area contributed by atoms with Gasteiger partial charge < -0.3 is 20.9 Å². The fraction of sp³-hybridized carbons (Fsp3) is 0.231. The first-order valence-electron chi connectivity index (χ1n) is 5.90. The lowest BCUT2D eigenvalue weighted by Gasteiger charge is -2.14. The molecule has 112 valence electrons. The lowest BCUT2D eigenvalue weighted by molar-refractivity contribution is -0.141. The van der Waals surface area contributed by atoms with Crippen molar-refractivity contribution in [2.24, 2.45) is 5.73 Å². The average Bonchev–Trinajstić information content (AvgIpc) is 2.37. The fourth-order valence-electron chi connectivity index (χ4n) is 1.54. The number of rotatable bonds is 6. The quantitative estimate of drug-likeness (QED) is 0.485. The van der Waals surface area contributed by atoms with Crippen LogP contribution < -0.4 is 15.8 Å². The molecule has 0 saturated carbocycles. The Morgan fingerprint density at radius 1 is 1.29 bits per heavy atom. The number of nitrogens with one attached hydrogen (secondary N) is 1. The third kappa shape index (κ3) is 4.94. The van der Waals surface area contributed by atoms with Crippen molar-refractivity contribution in [3.05, 3.63) is 29.8 Å². The van der Waals surface area contributed by atoms with E-state index >= 15 is 0 Å². The zero-order valence-corrected chi connectivity index (χ0v) is 11.2. The van der Waals surface area contributed by atoms with Crippen LogP contribution in [0.1, 0.15) is 23.7 Å². The van der Waals surface area contributed by atoms with Gasteiger partial charge >= 0.3 is 11.9 Å². The number of hydrogen-bond acceptors (Lipinski definition) is 5. The number of esters is 1. The monoisotopic (exact) mass is 294 g/mol. The number of amides is 2. The maximum absolute atomic E-state index is 12.0. The van der Waals surface area contributed by atoms with Gasteiger partial charge in [0.15, 0.2) is 0 Å². The summed E-state index contributed by atoms with van der Waals surface area (Å²) in [6.45, 7) is 1.17. The molecule has 0 aliphatic heterocycles. The molecule has 0 radical (unpaired) electrons. The third-order valence-corrected chi connectivity index (χ3v) is 2.39. The summed E-state index contributed by atoms with van der Waals surface area (Å²) in [5.41, 5.74) is 4.89. The summed E-state index contributed by atoms with van der Waals surface area (Å²) >= 11 is 0. The highest BCUT2D eigenvalue weighted by Gasteiger charge is 2.24. The van der Waals surface area contributed by atoms with Crippen LogP contribution in [0, 0.1) is 0 Å². The van der Waals surface area contributed by atoms with E-state index in [2.05, 4.69) is 5.32 Å². The van der Waals surface area contributed by atoms with Crippen molar-refractivity contribution in [3.8, 4) is 5.75 Å². The number of benzene rings is 1. The number of hydrogen-bond donors (Lipinski definition) is 3. The van der Waals surface area contributed by atoms with E-state index in [4.69, 9.17) is 15.6 Å². The van der Waals surface area contributed by atoms with Crippen molar-refractivity contribution >= 4 is 23.8 Å². The van der Waals surface area contributed by atoms with Crippen molar-refractivity contribution in [1.29, 1.82) is 0 Å². The van der Waals surface area contributed by atoms with Gasteiger partial charge in [-0.15, -0.1) is 0 Å². The van der Waals surface area contributed by atoms with Gasteiger partial charge in [-0.3, -0.25) is 14.4 Å². The van der Waals surface area contributed by atoms with Crippen LogP contribution >= 0.6 is 0 Å². The molecule has 4 N–H and O–H groups in total. The van der Waals surface area contributed by atoms with Crippen LogP contribution in [0.3, 0.4) is 0 Å². The van der Waals surface area contributed by atoms with Gasteiger partial charge in [0.2, 0.25) is 5.91 Å². The highest BCUT2D eigenvalue weighted by molar-refractivity contribution is 6.00. The highest BCUT2D eigenvalue weighted by atomic mass is 16.5. The predicted octanol–water partition coefficient (Wildman–Crippen LogP) is -0.330. The minimum absolute atomic E-state index is 0.00860. The van der Waals surface area contributed by atoms with Gasteiger partial charge in [0.1, 0.15) is 11.8 Å². The van der Waals surface area contributed by atoms with E-state index < -0.39 is 36.2 Å². The average molecular weight is 294 g/mol. The topological polar surface area (TPSA) is 136 Å². The van der Waals surface area contributed by atoms with Gasteiger partial charge in [0, 0.05) is 6.92 Å². The zero-order valence-electron chi connectivity index (χ0n) is 11.2. The maximum atomic E-state index is 12.0. The van der Waals surface area contributed by atoms with E-state index in [1.807, 2.05) is 0 Å². The largest absolute Gasteiger partial charge is 0.480 e. The summed E-state index contributed by atoms with van der Waals surface area (Å²) in [4.78, 5) is 44.7. The SMILES string of the molecule is CC(=O)Oc1ccccc1C(=O)NC(CC(N)=O)C(=O)O. The number of carboxylic acids is 1. The lowest BCUT2D eigenvalue weighted by Crippen LogP contribution is -2.43. The second kappa shape index (κ2) is 7.04. The third-order valence-electron chi connectivity index (χ3n) is 2.39. The number of para-hydroxylation sites is 1. The molecule has 1 rings (SSSR count). The Morgan fingerprint density at radius 2 is 1.90 bits per heavy atom. The van der Waals surface area contributed by atoms with E-state index in [0.29, 0.717) is 0 Å². The molecular weight excluding hydrogens is 280 g/mol. The normalized spacial score (nSPS) is 11.3. The molecule has 1 aromatic carbocycles. The summed E-state index contributed by atoms with van der Waals surface area (Å²) < 4.78 is 4.85. The molecule has 0 spiro atoms. The van der Waals surface area contributed by atoms with Gasteiger partial charge in [-0.05, 0) is 12.1 Å². The number of nitrogens with two attached hydrogens (primary N) is 1. The molecule has 1 atom stereocenters. The molecule has 0 heterocycles. The summed E-state index contributed by atoms with van der Waals surface area (Å²) in [7, 11) is 0. The Morgan fingerprint density at radius 3 is 2.43 bits per heavy atom. The van der Waals surface area contributed by atoms with Crippen LogP contribution in [0.2, 0.25) is 0 Å². The standard InChI is InChI=1S/C13H14N2O6/c1-7(16)21-10-5-3-2-4-8(10)12(18)15-9(13(19)20)6-11(14)17/h2-5,9H,6H2,1H3,(H2,14,17)(H,15,18)(H,19,20). The molecule has 21 heavy (non-hydrogen) atoms. The molecule has 1 unspecified atom stereocenters. The van der Waals surface area contributed by atoms with Crippen LogP contribution in [0.4, 0.5) is 0 Å². The van der Waals surface area contributed by atoms with Crippen LogP contribution in [-0.4, -0.2) is 34.9 Å². The molecule has 8 nitrogen and oxygen atoms in total. The Balaban J connectivity index is 2.94. The Labute approximate surface area is 119 Å². The Hall–Kier alpha value is -2.90. The van der Waals surface area contributed by atoms with E-state index in [0.717, 1.165) is 0 Å². The Kier molecular flexibility index (Phi) is 5.41. The number of primary amides is 1. The van der Waals surface area contributed by atoms with Crippen LogP contribution in [-0.2, 0) is 14.4 Å². The fourth-order valence-corrected chi connectivity index (χ4v) is 1.54. The van der Waals surface area contributed by atoms with Gasteiger partial charge in [-0.2, -0.15) is 0 Å². The van der Waals surface area contributed by atoms with E-state index in [-0.39, 0.29) is 11.3 Å². The molecule has 0 fully saturated rings. The van der Waals surface area contributed by atoms with Gasteiger partial charge in [-0.25, -0.2) is 4.79 Å². The van der Waals surface area contributed by atoms with Gasteiger partial charge in [0.05, 0.1) is 12.0 Å². The van der Waals surface area contributed by atoms with E-state index in [1.54, 1.807) is 6.07 Å². The number of carbonyl (C=O) groups is 4. The smallest absolute Gasteiger partial charge is 0.326 e. The predicted molar refractivity (Wildman–Crippen MR) is 70.5 cm³/mol. The van der Waals surface area contributed by atoms with E-state index in [9.17, 15) is 19.2 Å². The van der Waals surface area contributed by atoms with Crippen LogP contribution in [0.5, 0.6) is 5.75 Å². The molecule has 2 amide bonds. The number of ether oxygens (including phenoxy) is 1. The summed E-state index contributed by atoms with van der Waals surface area (Å²) in [5, 5.41) is 11.1. The molecule has 1 aromatic rings. The van der Waals surface area contributed by atoms with Crippen molar-refractivity contribution in [2.45, 2.75) is 19.4 Å². The molecule has 0 bridgehead atoms.